The van der Waals surface area contributed by atoms with E-state index in [9.17, 15) is 9.59 Å². The van der Waals surface area contributed by atoms with E-state index in [1.807, 2.05) is 29.2 Å². The molecule has 1 aliphatic heterocycles. The van der Waals surface area contributed by atoms with Gasteiger partial charge in [-0.05, 0) is 25.0 Å². The fraction of sp³-hybridized carbons (Fsp3) is 0.438. The first-order valence-corrected chi connectivity index (χ1v) is 7.48. The van der Waals surface area contributed by atoms with Crippen LogP contribution in [0.2, 0.25) is 0 Å². The standard InChI is InChI=1S/C16H19N3O2/c20-12-15-17-13-7-3-4-8-14(13)19(15)11-16(21)18-9-5-1-2-6-10-18/h3-4,7-8,12H,1-2,5-6,9-11H2. The Hall–Kier alpha value is -2.17. The number of nitrogens with zero attached hydrogens (tertiary/aromatic N) is 3. The molecule has 0 N–H and O–H groups in total. The van der Waals surface area contributed by atoms with Gasteiger partial charge in [0.2, 0.25) is 5.91 Å². The van der Waals surface area contributed by atoms with Crippen molar-refractivity contribution in [2.24, 2.45) is 0 Å². The predicted molar refractivity (Wildman–Crippen MR) is 80.2 cm³/mol. The molecule has 5 heteroatoms. The van der Waals surface area contributed by atoms with Crippen molar-refractivity contribution in [3.05, 3.63) is 30.1 Å². The monoisotopic (exact) mass is 285 g/mol. The molecule has 110 valence electrons. The molecule has 3 rings (SSSR count). The molecule has 1 saturated heterocycles. The summed E-state index contributed by atoms with van der Waals surface area (Å²) in [7, 11) is 0. The van der Waals surface area contributed by atoms with Crippen molar-refractivity contribution in [1.82, 2.24) is 14.5 Å². The van der Waals surface area contributed by atoms with Gasteiger partial charge in [-0.25, -0.2) is 4.98 Å². The van der Waals surface area contributed by atoms with E-state index in [1.165, 1.54) is 12.8 Å². The molecule has 1 aromatic carbocycles. The first kappa shape index (κ1) is 13.8. The van der Waals surface area contributed by atoms with Crippen LogP contribution in [0, 0.1) is 0 Å². The second-order valence-corrected chi connectivity index (χ2v) is 5.46. The molecule has 0 saturated carbocycles. The van der Waals surface area contributed by atoms with Gasteiger partial charge in [0.05, 0.1) is 11.0 Å². The molecule has 0 aliphatic carbocycles. The molecule has 1 fully saturated rings. The number of amides is 1. The average Bonchev–Trinajstić information content (AvgIpc) is 2.68. The van der Waals surface area contributed by atoms with Gasteiger partial charge in [-0.15, -0.1) is 0 Å². The van der Waals surface area contributed by atoms with Gasteiger partial charge in [-0.3, -0.25) is 9.59 Å². The topological polar surface area (TPSA) is 55.2 Å². The van der Waals surface area contributed by atoms with E-state index < -0.39 is 0 Å². The number of para-hydroxylation sites is 2. The highest BCUT2D eigenvalue weighted by molar-refractivity contribution is 5.86. The summed E-state index contributed by atoms with van der Waals surface area (Å²) in [4.78, 5) is 29.9. The number of imidazole rings is 1. The van der Waals surface area contributed by atoms with E-state index in [0.29, 0.717) is 5.82 Å². The summed E-state index contributed by atoms with van der Waals surface area (Å²) in [6.45, 7) is 1.83. The number of likely N-dealkylation sites (tertiary alicyclic amines) is 1. The summed E-state index contributed by atoms with van der Waals surface area (Å²) >= 11 is 0. The number of hydrogen-bond acceptors (Lipinski definition) is 3. The third-order valence-electron chi connectivity index (χ3n) is 4.04. The lowest BCUT2D eigenvalue weighted by Gasteiger charge is -2.20. The molecule has 21 heavy (non-hydrogen) atoms. The summed E-state index contributed by atoms with van der Waals surface area (Å²) in [5, 5.41) is 0. The minimum atomic E-state index is 0.0724. The minimum absolute atomic E-state index is 0.0724. The molecule has 2 aromatic rings. The summed E-state index contributed by atoms with van der Waals surface area (Å²) in [5.74, 6) is 0.391. The Morgan fingerprint density at radius 1 is 1.14 bits per heavy atom. The second kappa shape index (κ2) is 6.08. The zero-order valence-corrected chi connectivity index (χ0v) is 12.0. The highest BCUT2D eigenvalue weighted by Gasteiger charge is 2.18. The summed E-state index contributed by atoms with van der Waals surface area (Å²) in [6.07, 6.45) is 5.23. The number of hydrogen-bond donors (Lipinski definition) is 0. The SMILES string of the molecule is O=Cc1nc2ccccc2n1CC(=O)N1CCCCCC1. The summed E-state index contributed by atoms with van der Waals surface area (Å²) in [6, 6.07) is 7.52. The molecular formula is C16H19N3O2. The first-order chi connectivity index (χ1) is 10.3. The minimum Gasteiger partial charge on any atom is -0.341 e. The van der Waals surface area contributed by atoms with Crippen molar-refractivity contribution < 1.29 is 9.59 Å². The van der Waals surface area contributed by atoms with Crippen LogP contribution < -0.4 is 0 Å². The normalized spacial score (nSPS) is 15.9. The van der Waals surface area contributed by atoms with Crippen LogP contribution in [0.15, 0.2) is 24.3 Å². The maximum Gasteiger partial charge on any atom is 0.242 e. The molecule has 1 aromatic heterocycles. The first-order valence-electron chi connectivity index (χ1n) is 7.48. The van der Waals surface area contributed by atoms with Gasteiger partial charge < -0.3 is 9.47 Å². The summed E-state index contributed by atoms with van der Waals surface area (Å²) in [5.41, 5.74) is 1.59. The van der Waals surface area contributed by atoms with E-state index in [2.05, 4.69) is 4.98 Å². The molecule has 0 unspecified atom stereocenters. The van der Waals surface area contributed by atoms with Gasteiger partial charge in [0.1, 0.15) is 6.54 Å². The molecule has 0 atom stereocenters. The fourth-order valence-corrected chi connectivity index (χ4v) is 2.91. The number of aromatic nitrogens is 2. The Kier molecular flexibility index (Phi) is 3.99. The molecule has 0 bridgehead atoms. The van der Waals surface area contributed by atoms with E-state index in [1.54, 1.807) is 4.57 Å². The largest absolute Gasteiger partial charge is 0.341 e. The van der Waals surface area contributed by atoms with Gasteiger partial charge in [-0.1, -0.05) is 25.0 Å². The molecule has 1 aliphatic rings. The number of benzene rings is 1. The van der Waals surface area contributed by atoms with E-state index >= 15 is 0 Å². The molecule has 1 amide bonds. The van der Waals surface area contributed by atoms with Crippen LogP contribution in [0.25, 0.3) is 11.0 Å². The van der Waals surface area contributed by atoms with Gasteiger partial charge in [-0.2, -0.15) is 0 Å². The third-order valence-corrected chi connectivity index (χ3v) is 4.04. The van der Waals surface area contributed by atoms with Crippen molar-refractivity contribution in [3.63, 3.8) is 0 Å². The molecule has 5 nitrogen and oxygen atoms in total. The Morgan fingerprint density at radius 3 is 2.57 bits per heavy atom. The maximum absolute atomic E-state index is 12.5. The van der Waals surface area contributed by atoms with Crippen LogP contribution in [0.1, 0.15) is 36.3 Å². The molecule has 0 radical (unpaired) electrons. The zero-order valence-electron chi connectivity index (χ0n) is 12.0. The zero-order chi connectivity index (χ0) is 14.7. The van der Waals surface area contributed by atoms with E-state index in [4.69, 9.17) is 0 Å². The van der Waals surface area contributed by atoms with Gasteiger partial charge in [0, 0.05) is 13.1 Å². The smallest absolute Gasteiger partial charge is 0.242 e. The summed E-state index contributed by atoms with van der Waals surface area (Å²) < 4.78 is 1.72. The maximum atomic E-state index is 12.5. The van der Waals surface area contributed by atoms with Crippen LogP contribution >= 0.6 is 0 Å². The Bertz CT molecular complexity index is 655. The molecule has 2 heterocycles. The van der Waals surface area contributed by atoms with Gasteiger partial charge in [0.15, 0.2) is 12.1 Å². The van der Waals surface area contributed by atoms with Crippen molar-refractivity contribution in [2.75, 3.05) is 13.1 Å². The van der Waals surface area contributed by atoms with Crippen LogP contribution in [0.5, 0.6) is 0 Å². The second-order valence-electron chi connectivity index (χ2n) is 5.46. The predicted octanol–water partition coefficient (Wildman–Crippen LogP) is 2.25. The Labute approximate surface area is 123 Å². The van der Waals surface area contributed by atoms with Crippen molar-refractivity contribution in [1.29, 1.82) is 0 Å². The highest BCUT2D eigenvalue weighted by Crippen LogP contribution is 2.16. The van der Waals surface area contributed by atoms with Crippen molar-refractivity contribution in [2.45, 2.75) is 32.2 Å². The van der Waals surface area contributed by atoms with E-state index in [0.717, 1.165) is 43.3 Å². The average molecular weight is 285 g/mol. The number of carbonyl (C=O) groups is 2. The fourth-order valence-electron chi connectivity index (χ4n) is 2.91. The lowest BCUT2D eigenvalue weighted by Crippen LogP contribution is -2.34. The van der Waals surface area contributed by atoms with Gasteiger partial charge in [0.25, 0.3) is 0 Å². The number of fused-ring (bicyclic) bond motifs is 1. The number of carbonyl (C=O) groups excluding carboxylic acids is 2. The quantitative estimate of drug-likeness (QED) is 0.813. The molecular weight excluding hydrogens is 266 g/mol. The van der Waals surface area contributed by atoms with Crippen LogP contribution in [-0.4, -0.2) is 39.7 Å². The van der Waals surface area contributed by atoms with Gasteiger partial charge >= 0.3 is 0 Å². The van der Waals surface area contributed by atoms with Crippen LogP contribution in [0.3, 0.4) is 0 Å². The van der Waals surface area contributed by atoms with Crippen molar-refractivity contribution in [3.8, 4) is 0 Å². The third kappa shape index (κ3) is 2.82. The number of aldehydes is 1. The molecule has 0 spiro atoms. The highest BCUT2D eigenvalue weighted by atomic mass is 16.2. The van der Waals surface area contributed by atoms with Crippen molar-refractivity contribution >= 4 is 23.2 Å². The Morgan fingerprint density at radius 2 is 1.86 bits per heavy atom. The van der Waals surface area contributed by atoms with E-state index in [-0.39, 0.29) is 12.5 Å². The Balaban J connectivity index is 1.86. The number of rotatable bonds is 3. The lowest BCUT2D eigenvalue weighted by molar-refractivity contribution is -0.131. The van der Waals surface area contributed by atoms with Crippen LogP contribution in [-0.2, 0) is 11.3 Å². The lowest BCUT2D eigenvalue weighted by atomic mass is 10.2. The van der Waals surface area contributed by atoms with Crippen LogP contribution in [0.4, 0.5) is 0 Å².